The van der Waals surface area contributed by atoms with Crippen molar-refractivity contribution in [1.82, 2.24) is 25.2 Å². The highest BCUT2D eigenvalue weighted by atomic mass is 19.1. The molecule has 1 atom stereocenters. The summed E-state index contributed by atoms with van der Waals surface area (Å²) in [5.74, 6) is -1.90. The molecule has 302 valence electrons. The third-order valence-electron chi connectivity index (χ3n) is 8.85. The van der Waals surface area contributed by atoms with Gasteiger partial charge in [-0.05, 0) is 54.8 Å². The SMILES string of the molecule is CNC(=O)C(CCC=O)N(C=O)C(=O)c1cc(F)c(OCCOCCOCCOCCOCCOc2ccc(-c3ccc4c(c3)[nH]c3ccncc34)cn2)cc1C. The van der Waals surface area contributed by atoms with E-state index in [2.05, 4.69) is 38.5 Å². The number of ether oxygens (including phenoxy) is 6. The quantitative estimate of drug-likeness (QED) is 0.0628. The molecule has 0 spiro atoms. The van der Waals surface area contributed by atoms with E-state index in [9.17, 15) is 23.6 Å². The van der Waals surface area contributed by atoms with Crippen LogP contribution >= 0.6 is 0 Å². The molecule has 57 heavy (non-hydrogen) atoms. The Balaban J connectivity index is 0.873. The van der Waals surface area contributed by atoms with Gasteiger partial charge < -0.3 is 43.5 Å². The summed E-state index contributed by atoms with van der Waals surface area (Å²) in [6.45, 7) is 4.66. The number of rotatable bonds is 25. The van der Waals surface area contributed by atoms with Crippen molar-refractivity contribution in [2.75, 3.05) is 73.1 Å². The fourth-order valence-electron chi connectivity index (χ4n) is 5.93. The number of hydrogen-bond acceptors (Lipinski definition) is 12. The molecule has 0 aliphatic rings. The van der Waals surface area contributed by atoms with E-state index < -0.39 is 23.7 Å². The molecule has 2 N–H and O–H groups in total. The fourth-order valence-corrected chi connectivity index (χ4v) is 5.93. The number of halogens is 1. The molecule has 0 bridgehead atoms. The number of amides is 3. The molecule has 0 fully saturated rings. The maximum absolute atomic E-state index is 14.8. The molecule has 1 unspecified atom stereocenters. The molecule has 0 saturated carbocycles. The summed E-state index contributed by atoms with van der Waals surface area (Å²) >= 11 is 0. The minimum absolute atomic E-state index is 0.0357. The normalized spacial score (nSPS) is 11.7. The van der Waals surface area contributed by atoms with Crippen molar-refractivity contribution in [1.29, 1.82) is 0 Å². The first-order valence-corrected chi connectivity index (χ1v) is 18.5. The number of imide groups is 1. The van der Waals surface area contributed by atoms with E-state index in [4.69, 9.17) is 28.4 Å². The Labute approximate surface area is 328 Å². The van der Waals surface area contributed by atoms with Crippen LogP contribution < -0.4 is 14.8 Å². The first-order valence-electron chi connectivity index (χ1n) is 18.5. The van der Waals surface area contributed by atoms with Crippen molar-refractivity contribution in [2.45, 2.75) is 25.8 Å². The third kappa shape index (κ3) is 11.8. The summed E-state index contributed by atoms with van der Waals surface area (Å²) in [5.41, 5.74) is 4.34. The highest BCUT2D eigenvalue weighted by Gasteiger charge is 2.31. The van der Waals surface area contributed by atoms with Crippen LogP contribution in [0, 0.1) is 12.7 Å². The average molecular weight is 788 g/mol. The molecule has 0 radical (unpaired) electrons. The Kier molecular flexibility index (Phi) is 16.4. The second kappa shape index (κ2) is 22.1. The number of pyridine rings is 2. The minimum atomic E-state index is -1.22. The Morgan fingerprint density at radius 1 is 0.807 bits per heavy atom. The predicted molar refractivity (Wildman–Crippen MR) is 208 cm³/mol. The summed E-state index contributed by atoms with van der Waals surface area (Å²) < 4.78 is 48.1. The maximum Gasteiger partial charge on any atom is 0.261 e. The Morgan fingerprint density at radius 3 is 2.11 bits per heavy atom. The van der Waals surface area contributed by atoms with Crippen LogP contribution in [-0.4, -0.2) is 124 Å². The molecule has 3 amide bonds. The molecule has 2 aromatic carbocycles. The van der Waals surface area contributed by atoms with Crippen molar-refractivity contribution in [2.24, 2.45) is 0 Å². The molecule has 0 aliphatic heterocycles. The number of fused-ring (bicyclic) bond motifs is 3. The topological polar surface area (TPSA) is 180 Å². The number of aromatic amines is 1. The molecular weight excluding hydrogens is 741 g/mol. The second-order valence-electron chi connectivity index (χ2n) is 12.6. The number of likely N-dealkylation sites (N-methyl/N-ethyl adjacent to an activating group) is 1. The second-order valence-corrected chi connectivity index (χ2v) is 12.6. The molecule has 15 nitrogen and oxygen atoms in total. The van der Waals surface area contributed by atoms with Gasteiger partial charge in [-0.2, -0.15) is 0 Å². The molecule has 16 heteroatoms. The van der Waals surface area contributed by atoms with E-state index in [0.717, 1.165) is 39.0 Å². The van der Waals surface area contributed by atoms with E-state index in [1.165, 1.54) is 13.1 Å². The first-order chi connectivity index (χ1) is 27.8. The van der Waals surface area contributed by atoms with Crippen LogP contribution in [0.4, 0.5) is 4.39 Å². The maximum atomic E-state index is 14.8. The molecule has 5 rings (SSSR count). The highest BCUT2D eigenvalue weighted by molar-refractivity contribution is 6.07. The Morgan fingerprint density at radius 2 is 1.47 bits per heavy atom. The smallest absolute Gasteiger partial charge is 0.261 e. The number of nitrogens with one attached hydrogen (secondary N) is 2. The van der Waals surface area contributed by atoms with Gasteiger partial charge in [-0.1, -0.05) is 12.1 Å². The average Bonchev–Trinajstić information content (AvgIpc) is 3.61. The predicted octanol–water partition coefficient (Wildman–Crippen LogP) is 4.44. The summed E-state index contributed by atoms with van der Waals surface area (Å²) in [4.78, 5) is 60.7. The van der Waals surface area contributed by atoms with Gasteiger partial charge in [0, 0.05) is 71.1 Å². The lowest BCUT2D eigenvalue weighted by atomic mass is 10.0. The molecule has 3 heterocycles. The van der Waals surface area contributed by atoms with E-state index >= 15 is 0 Å². The lowest BCUT2D eigenvalue weighted by molar-refractivity contribution is -0.131. The zero-order valence-electron chi connectivity index (χ0n) is 31.9. The van der Waals surface area contributed by atoms with Crippen LogP contribution in [0.15, 0.2) is 67.1 Å². The molecule has 0 aliphatic carbocycles. The van der Waals surface area contributed by atoms with Crippen LogP contribution in [0.25, 0.3) is 32.9 Å². The van der Waals surface area contributed by atoms with E-state index in [1.54, 1.807) is 19.3 Å². The van der Waals surface area contributed by atoms with Crippen molar-refractivity contribution >= 4 is 46.3 Å². The molecule has 0 saturated heterocycles. The number of carbonyl (C=O) groups is 4. The molecular formula is C41H46FN5O10. The van der Waals surface area contributed by atoms with Crippen LogP contribution in [0.1, 0.15) is 28.8 Å². The summed E-state index contributed by atoms with van der Waals surface area (Å²) in [6.07, 6.45) is 6.10. The monoisotopic (exact) mass is 787 g/mol. The standard InChI is InChI=1S/C41H46FN5O10/c1-28-22-38(34(42)24-32(28)41(51)47(27-49)37(4-3-11-48)40(50)43-2)56-20-18-54-16-14-52-12-13-53-15-17-55-19-21-57-39-8-6-30(25-45-39)29-5-7-31-33-26-44-10-9-35(33)46-36(31)23-29/h5-11,22-27,37,46H,3-4,12-21H2,1-2H3,(H,43,50). The number of aldehydes is 1. The largest absolute Gasteiger partial charge is 0.488 e. The van der Waals surface area contributed by atoms with Crippen molar-refractivity contribution in [3.05, 3.63) is 84.1 Å². The number of hydrogen-bond donors (Lipinski definition) is 2. The van der Waals surface area contributed by atoms with Gasteiger partial charge in [0.1, 0.15) is 25.5 Å². The van der Waals surface area contributed by atoms with Crippen molar-refractivity contribution < 1.29 is 52.0 Å². The summed E-state index contributed by atoms with van der Waals surface area (Å²) in [5, 5.41) is 4.59. The van der Waals surface area contributed by atoms with Crippen molar-refractivity contribution in [3.8, 4) is 22.8 Å². The van der Waals surface area contributed by atoms with Crippen molar-refractivity contribution in [3.63, 3.8) is 0 Å². The highest BCUT2D eigenvalue weighted by Crippen LogP contribution is 2.29. The van der Waals surface area contributed by atoms with Gasteiger partial charge in [-0.25, -0.2) is 9.37 Å². The van der Waals surface area contributed by atoms with E-state index in [-0.39, 0.29) is 50.4 Å². The van der Waals surface area contributed by atoms with Gasteiger partial charge in [0.2, 0.25) is 18.2 Å². The molecule has 3 aromatic heterocycles. The number of nitrogens with zero attached hydrogens (tertiary/aromatic N) is 3. The van der Waals surface area contributed by atoms with Crippen LogP contribution in [0.3, 0.4) is 0 Å². The molecule has 5 aromatic rings. The van der Waals surface area contributed by atoms with E-state index in [1.807, 2.05) is 24.4 Å². The number of aryl methyl sites for hydroxylation is 1. The van der Waals surface area contributed by atoms with Crippen LogP contribution in [-0.2, 0) is 33.3 Å². The minimum Gasteiger partial charge on any atom is -0.488 e. The van der Waals surface area contributed by atoms with Gasteiger partial charge in [0.15, 0.2) is 11.6 Å². The van der Waals surface area contributed by atoms with Gasteiger partial charge in [0.05, 0.1) is 52.9 Å². The third-order valence-corrected chi connectivity index (χ3v) is 8.85. The number of H-pyrrole nitrogens is 1. The Hall–Kier alpha value is -5.81. The number of carbonyl (C=O) groups excluding carboxylic acids is 4. The zero-order valence-corrected chi connectivity index (χ0v) is 31.9. The first kappa shape index (κ1) is 42.3. The van der Waals surface area contributed by atoms with Crippen LogP contribution in [0.2, 0.25) is 0 Å². The van der Waals surface area contributed by atoms with Gasteiger partial charge in [0.25, 0.3) is 5.91 Å². The number of benzene rings is 2. The van der Waals surface area contributed by atoms with Gasteiger partial charge in [-0.3, -0.25) is 24.3 Å². The Bertz CT molecular complexity index is 2090. The van der Waals surface area contributed by atoms with Gasteiger partial charge >= 0.3 is 0 Å². The van der Waals surface area contributed by atoms with Gasteiger partial charge in [-0.15, -0.1) is 0 Å². The lowest BCUT2D eigenvalue weighted by Gasteiger charge is -2.25. The number of aromatic nitrogens is 3. The zero-order chi connectivity index (χ0) is 40.4. The fraction of sp³-hybridized carbons (Fsp3) is 0.366. The van der Waals surface area contributed by atoms with Crippen LogP contribution in [0.5, 0.6) is 11.6 Å². The lowest BCUT2D eigenvalue weighted by Crippen LogP contribution is -2.48. The summed E-state index contributed by atoms with van der Waals surface area (Å²) in [7, 11) is 1.34. The van der Waals surface area contributed by atoms with E-state index in [0.29, 0.717) is 68.9 Å². The summed E-state index contributed by atoms with van der Waals surface area (Å²) in [6, 6.07) is 13.1.